The van der Waals surface area contributed by atoms with E-state index in [1.54, 1.807) is 11.9 Å². The molecule has 3 nitrogen and oxygen atoms in total. The van der Waals surface area contributed by atoms with Gasteiger partial charge in [0.25, 0.3) is 0 Å². The van der Waals surface area contributed by atoms with Gasteiger partial charge in [-0.15, -0.1) is 0 Å². The van der Waals surface area contributed by atoms with E-state index in [4.69, 9.17) is 4.42 Å². The molecule has 6 heteroatoms. The van der Waals surface area contributed by atoms with Gasteiger partial charge in [-0.3, -0.25) is 4.90 Å². The van der Waals surface area contributed by atoms with Crippen LogP contribution in [0.2, 0.25) is 0 Å². The van der Waals surface area contributed by atoms with Crippen LogP contribution in [0.4, 0.5) is 13.2 Å². The van der Waals surface area contributed by atoms with Crippen LogP contribution in [-0.2, 0) is 13.1 Å². The SMILES string of the molecule is CNCc1cc(CN(C)CCC(F)(F)F)oc1C. The Hall–Kier alpha value is -1.01. The third kappa shape index (κ3) is 5.10. The lowest BCUT2D eigenvalue weighted by Gasteiger charge is -2.16. The van der Waals surface area contributed by atoms with E-state index in [1.807, 2.05) is 20.0 Å². The maximum atomic E-state index is 12.1. The maximum Gasteiger partial charge on any atom is 0.390 e. The van der Waals surface area contributed by atoms with E-state index in [-0.39, 0.29) is 6.54 Å². The fourth-order valence-corrected chi connectivity index (χ4v) is 1.69. The minimum atomic E-state index is -4.11. The van der Waals surface area contributed by atoms with E-state index in [0.717, 1.165) is 11.3 Å². The molecule has 18 heavy (non-hydrogen) atoms. The summed E-state index contributed by atoms with van der Waals surface area (Å²) >= 11 is 0. The average molecular weight is 264 g/mol. The fraction of sp³-hybridized carbons (Fsp3) is 0.667. The van der Waals surface area contributed by atoms with Gasteiger partial charge in [-0.1, -0.05) is 0 Å². The summed E-state index contributed by atoms with van der Waals surface area (Å²) in [5.74, 6) is 1.51. The Bertz CT molecular complexity index is 374. The highest BCUT2D eigenvalue weighted by atomic mass is 19.4. The molecule has 1 rings (SSSR count). The molecule has 0 aliphatic rings. The summed E-state index contributed by atoms with van der Waals surface area (Å²) in [7, 11) is 3.49. The van der Waals surface area contributed by atoms with Gasteiger partial charge >= 0.3 is 6.18 Å². The van der Waals surface area contributed by atoms with Crippen LogP contribution in [0.5, 0.6) is 0 Å². The summed E-state index contributed by atoms with van der Waals surface area (Å²) in [6, 6.07) is 1.88. The summed E-state index contributed by atoms with van der Waals surface area (Å²) in [4.78, 5) is 1.61. The van der Waals surface area contributed by atoms with Crippen molar-refractivity contribution in [2.24, 2.45) is 0 Å². The minimum Gasteiger partial charge on any atom is -0.465 e. The minimum absolute atomic E-state index is 0.0232. The Morgan fingerprint density at radius 1 is 1.39 bits per heavy atom. The van der Waals surface area contributed by atoms with Crippen molar-refractivity contribution < 1.29 is 17.6 Å². The molecule has 1 aromatic rings. The van der Waals surface area contributed by atoms with E-state index in [2.05, 4.69) is 5.32 Å². The third-order valence-electron chi connectivity index (χ3n) is 2.64. The van der Waals surface area contributed by atoms with E-state index in [1.165, 1.54) is 0 Å². The van der Waals surface area contributed by atoms with E-state index in [0.29, 0.717) is 18.8 Å². The van der Waals surface area contributed by atoms with Gasteiger partial charge in [0.15, 0.2) is 0 Å². The number of halogens is 3. The van der Waals surface area contributed by atoms with Crippen LogP contribution in [0.25, 0.3) is 0 Å². The van der Waals surface area contributed by atoms with Crippen LogP contribution in [0.15, 0.2) is 10.5 Å². The first kappa shape index (κ1) is 15.0. The number of rotatable bonds is 6. The van der Waals surface area contributed by atoms with Crippen molar-refractivity contribution >= 4 is 0 Å². The van der Waals surface area contributed by atoms with Gasteiger partial charge in [-0.25, -0.2) is 0 Å². The molecule has 1 aromatic heterocycles. The summed E-state index contributed by atoms with van der Waals surface area (Å²) in [5, 5.41) is 3.01. The van der Waals surface area contributed by atoms with Crippen molar-refractivity contribution in [3.8, 4) is 0 Å². The topological polar surface area (TPSA) is 28.4 Å². The summed E-state index contributed by atoms with van der Waals surface area (Å²) in [6.45, 7) is 2.92. The molecule has 0 aliphatic heterocycles. The molecule has 0 fully saturated rings. The summed E-state index contributed by atoms with van der Waals surface area (Å²) < 4.78 is 41.7. The number of nitrogens with one attached hydrogen (secondary N) is 1. The van der Waals surface area contributed by atoms with Crippen molar-refractivity contribution in [1.82, 2.24) is 10.2 Å². The molecule has 0 radical (unpaired) electrons. The van der Waals surface area contributed by atoms with Crippen LogP contribution in [-0.4, -0.2) is 31.7 Å². The lowest BCUT2D eigenvalue weighted by molar-refractivity contribution is -0.137. The predicted octanol–water partition coefficient (Wildman–Crippen LogP) is 2.69. The van der Waals surface area contributed by atoms with Crippen LogP contribution < -0.4 is 5.32 Å². The molecular weight excluding hydrogens is 245 g/mol. The van der Waals surface area contributed by atoms with Crippen molar-refractivity contribution in [3.05, 3.63) is 23.2 Å². The van der Waals surface area contributed by atoms with E-state index < -0.39 is 12.6 Å². The molecular formula is C12H19F3N2O. The highest BCUT2D eigenvalue weighted by molar-refractivity contribution is 5.20. The van der Waals surface area contributed by atoms with Crippen molar-refractivity contribution in [2.45, 2.75) is 32.6 Å². The molecule has 1 N–H and O–H groups in total. The second kappa shape index (κ2) is 6.24. The lowest BCUT2D eigenvalue weighted by Crippen LogP contribution is -2.23. The monoisotopic (exact) mass is 264 g/mol. The first-order valence-corrected chi connectivity index (χ1v) is 5.80. The number of nitrogens with zero attached hydrogens (tertiary/aromatic N) is 1. The molecule has 0 unspecified atom stereocenters. The number of hydrogen-bond acceptors (Lipinski definition) is 3. The number of hydrogen-bond donors (Lipinski definition) is 1. The second-order valence-corrected chi connectivity index (χ2v) is 4.43. The molecule has 0 bridgehead atoms. The zero-order chi connectivity index (χ0) is 13.8. The third-order valence-corrected chi connectivity index (χ3v) is 2.64. The maximum absolute atomic E-state index is 12.1. The van der Waals surface area contributed by atoms with Crippen molar-refractivity contribution in [1.29, 1.82) is 0 Å². The number of alkyl halides is 3. The number of furan rings is 1. The average Bonchev–Trinajstić information content (AvgIpc) is 2.56. The standard InChI is InChI=1S/C12H19F3N2O/c1-9-10(7-16-2)6-11(18-9)8-17(3)5-4-12(13,14)15/h6,16H,4-5,7-8H2,1-3H3. The Morgan fingerprint density at radius 3 is 2.61 bits per heavy atom. The predicted molar refractivity (Wildman–Crippen MR) is 63.2 cm³/mol. The number of aryl methyl sites for hydroxylation is 1. The van der Waals surface area contributed by atoms with Gasteiger partial charge < -0.3 is 9.73 Å². The van der Waals surface area contributed by atoms with E-state index in [9.17, 15) is 13.2 Å². The van der Waals surface area contributed by atoms with E-state index >= 15 is 0 Å². The molecule has 0 amide bonds. The second-order valence-electron chi connectivity index (χ2n) is 4.43. The molecule has 0 saturated carbocycles. The van der Waals surface area contributed by atoms with Gasteiger partial charge in [0, 0.05) is 18.7 Å². The first-order chi connectivity index (χ1) is 8.31. The molecule has 0 spiro atoms. The van der Waals surface area contributed by atoms with Crippen molar-refractivity contribution in [3.63, 3.8) is 0 Å². The lowest BCUT2D eigenvalue weighted by atomic mass is 10.2. The molecule has 1 heterocycles. The van der Waals surface area contributed by atoms with Crippen LogP contribution in [0.1, 0.15) is 23.5 Å². The zero-order valence-corrected chi connectivity index (χ0v) is 10.9. The molecule has 0 saturated heterocycles. The van der Waals surface area contributed by atoms with Gasteiger partial charge in [0.2, 0.25) is 0 Å². The largest absolute Gasteiger partial charge is 0.465 e. The molecule has 0 aromatic carbocycles. The highest BCUT2D eigenvalue weighted by Gasteiger charge is 2.27. The summed E-state index contributed by atoms with van der Waals surface area (Å²) in [5.41, 5.74) is 1.04. The Balaban J connectivity index is 2.49. The Morgan fingerprint density at radius 2 is 2.06 bits per heavy atom. The summed E-state index contributed by atoms with van der Waals surface area (Å²) in [6.07, 6.45) is -4.91. The Labute approximate surface area is 105 Å². The first-order valence-electron chi connectivity index (χ1n) is 5.80. The van der Waals surface area contributed by atoms with Gasteiger partial charge in [-0.2, -0.15) is 13.2 Å². The van der Waals surface area contributed by atoms with Crippen LogP contribution in [0.3, 0.4) is 0 Å². The molecule has 0 aliphatic carbocycles. The Kier molecular flexibility index (Phi) is 5.22. The zero-order valence-electron chi connectivity index (χ0n) is 10.9. The quantitative estimate of drug-likeness (QED) is 0.856. The van der Waals surface area contributed by atoms with Gasteiger partial charge in [-0.05, 0) is 27.1 Å². The van der Waals surface area contributed by atoms with Crippen LogP contribution >= 0.6 is 0 Å². The van der Waals surface area contributed by atoms with Crippen molar-refractivity contribution in [2.75, 3.05) is 20.6 Å². The molecule has 0 atom stereocenters. The molecule has 104 valence electrons. The smallest absolute Gasteiger partial charge is 0.390 e. The highest BCUT2D eigenvalue weighted by Crippen LogP contribution is 2.20. The fourth-order valence-electron chi connectivity index (χ4n) is 1.69. The normalized spacial score (nSPS) is 12.4. The van der Waals surface area contributed by atoms with Gasteiger partial charge in [0.05, 0.1) is 13.0 Å². The van der Waals surface area contributed by atoms with Gasteiger partial charge in [0.1, 0.15) is 11.5 Å². The van der Waals surface area contributed by atoms with Crippen LogP contribution in [0, 0.1) is 6.92 Å².